The standard InChI is InChI=1S/C12H17NS/c1-2-11-5-6-12(14-11)8-9-3-4-10(13)7-9/h5-6,8,10H,2-4,7,13H2,1H3. The van der Waals surface area contributed by atoms with Crippen LogP contribution in [0.2, 0.25) is 0 Å². The lowest BCUT2D eigenvalue weighted by molar-refractivity contribution is 0.711. The van der Waals surface area contributed by atoms with E-state index in [4.69, 9.17) is 5.73 Å². The number of thiophene rings is 1. The lowest BCUT2D eigenvalue weighted by atomic mass is 10.2. The summed E-state index contributed by atoms with van der Waals surface area (Å²) in [6.45, 7) is 2.20. The van der Waals surface area contributed by atoms with Crippen LogP contribution in [0.15, 0.2) is 17.7 Å². The van der Waals surface area contributed by atoms with Crippen molar-refractivity contribution in [2.75, 3.05) is 0 Å². The molecule has 1 saturated carbocycles. The molecule has 1 aliphatic carbocycles. The van der Waals surface area contributed by atoms with Crippen molar-refractivity contribution < 1.29 is 0 Å². The van der Waals surface area contributed by atoms with Gasteiger partial charge in [-0.05, 0) is 43.9 Å². The molecule has 2 N–H and O–H groups in total. The quantitative estimate of drug-likeness (QED) is 0.792. The lowest BCUT2D eigenvalue weighted by Crippen LogP contribution is -2.13. The second kappa shape index (κ2) is 4.28. The van der Waals surface area contributed by atoms with Crippen molar-refractivity contribution in [3.05, 3.63) is 27.5 Å². The molecule has 1 aromatic rings. The first-order valence-corrected chi connectivity index (χ1v) is 6.13. The molecule has 2 rings (SSSR count). The van der Waals surface area contributed by atoms with E-state index < -0.39 is 0 Å². The number of nitrogens with two attached hydrogens (primary N) is 1. The minimum Gasteiger partial charge on any atom is -0.327 e. The van der Waals surface area contributed by atoms with Gasteiger partial charge >= 0.3 is 0 Å². The summed E-state index contributed by atoms with van der Waals surface area (Å²) in [5.41, 5.74) is 7.40. The van der Waals surface area contributed by atoms with Gasteiger partial charge in [0.15, 0.2) is 0 Å². The van der Waals surface area contributed by atoms with Gasteiger partial charge in [0.1, 0.15) is 0 Å². The summed E-state index contributed by atoms with van der Waals surface area (Å²) >= 11 is 1.90. The van der Waals surface area contributed by atoms with Gasteiger partial charge in [-0.15, -0.1) is 11.3 Å². The Balaban J connectivity index is 2.09. The third-order valence-corrected chi connectivity index (χ3v) is 3.91. The van der Waals surface area contributed by atoms with Crippen LogP contribution in [0.5, 0.6) is 0 Å². The molecule has 76 valence electrons. The monoisotopic (exact) mass is 207 g/mol. The minimum atomic E-state index is 0.409. The number of rotatable bonds is 2. The van der Waals surface area contributed by atoms with Crippen LogP contribution in [0.1, 0.15) is 35.9 Å². The largest absolute Gasteiger partial charge is 0.327 e. The van der Waals surface area contributed by atoms with Gasteiger partial charge in [-0.25, -0.2) is 0 Å². The summed E-state index contributed by atoms with van der Waals surface area (Å²) in [5, 5.41) is 0. The fourth-order valence-corrected chi connectivity index (χ4v) is 2.85. The smallest absolute Gasteiger partial charge is 0.0272 e. The van der Waals surface area contributed by atoms with E-state index in [9.17, 15) is 0 Å². The number of hydrogen-bond acceptors (Lipinski definition) is 2. The first kappa shape index (κ1) is 9.94. The third kappa shape index (κ3) is 2.25. The van der Waals surface area contributed by atoms with Crippen LogP contribution in [0, 0.1) is 0 Å². The average molecular weight is 207 g/mol. The van der Waals surface area contributed by atoms with Crippen LogP contribution in [-0.4, -0.2) is 6.04 Å². The molecular weight excluding hydrogens is 190 g/mol. The van der Waals surface area contributed by atoms with Gasteiger partial charge in [-0.2, -0.15) is 0 Å². The summed E-state index contributed by atoms with van der Waals surface area (Å²) < 4.78 is 0. The first-order valence-electron chi connectivity index (χ1n) is 5.31. The third-order valence-electron chi connectivity index (χ3n) is 2.74. The fraction of sp³-hybridized carbons (Fsp3) is 0.500. The Labute approximate surface area is 89.6 Å². The summed E-state index contributed by atoms with van der Waals surface area (Å²) in [6, 6.07) is 4.86. The van der Waals surface area contributed by atoms with Crippen molar-refractivity contribution in [3.63, 3.8) is 0 Å². The molecule has 0 aromatic carbocycles. The highest BCUT2D eigenvalue weighted by Crippen LogP contribution is 2.27. The van der Waals surface area contributed by atoms with Gasteiger partial charge in [0.05, 0.1) is 0 Å². The molecule has 0 aliphatic heterocycles. The molecule has 1 heterocycles. The van der Waals surface area contributed by atoms with E-state index in [0.717, 1.165) is 19.3 Å². The van der Waals surface area contributed by atoms with Crippen molar-refractivity contribution in [2.24, 2.45) is 5.73 Å². The lowest BCUT2D eigenvalue weighted by Gasteiger charge is -1.96. The van der Waals surface area contributed by atoms with Crippen LogP contribution in [0.4, 0.5) is 0 Å². The Hall–Kier alpha value is -0.600. The van der Waals surface area contributed by atoms with E-state index in [1.165, 1.54) is 21.7 Å². The van der Waals surface area contributed by atoms with E-state index >= 15 is 0 Å². The molecule has 0 amide bonds. The zero-order chi connectivity index (χ0) is 9.97. The van der Waals surface area contributed by atoms with E-state index in [1.807, 2.05) is 11.3 Å². The second-order valence-electron chi connectivity index (χ2n) is 3.96. The second-order valence-corrected chi connectivity index (χ2v) is 5.16. The Morgan fingerprint density at radius 2 is 2.43 bits per heavy atom. The van der Waals surface area contributed by atoms with Crippen LogP contribution >= 0.6 is 11.3 Å². The van der Waals surface area contributed by atoms with Gasteiger partial charge < -0.3 is 5.73 Å². The Bertz CT molecular complexity index is 338. The Morgan fingerprint density at radius 1 is 1.57 bits per heavy atom. The Morgan fingerprint density at radius 3 is 3.00 bits per heavy atom. The first-order chi connectivity index (χ1) is 6.78. The predicted molar refractivity (Wildman–Crippen MR) is 63.5 cm³/mol. The zero-order valence-electron chi connectivity index (χ0n) is 8.62. The molecule has 14 heavy (non-hydrogen) atoms. The molecule has 1 aromatic heterocycles. The van der Waals surface area contributed by atoms with Gasteiger partial charge in [-0.1, -0.05) is 12.5 Å². The molecule has 0 bridgehead atoms. The molecule has 0 saturated heterocycles. The summed E-state index contributed by atoms with van der Waals surface area (Å²) in [5.74, 6) is 0. The highest BCUT2D eigenvalue weighted by Gasteiger charge is 2.14. The molecule has 1 aliphatic rings. The summed E-state index contributed by atoms with van der Waals surface area (Å²) in [6.07, 6.45) is 6.93. The van der Waals surface area contributed by atoms with Crippen molar-refractivity contribution >= 4 is 17.4 Å². The SMILES string of the molecule is CCc1ccc(C=C2CCC(N)C2)s1. The maximum Gasteiger partial charge on any atom is 0.0272 e. The van der Waals surface area contributed by atoms with Crippen molar-refractivity contribution in [1.82, 2.24) is 0 Å². The van der Waals surface area contributed by atoms with Crippen LogP contribution < -0.4 is 5.73 Å². The minimum absolute atomic E-state index is 0.409. The van der Waals surface area contributed by atoms with E-state index in [0.29, 0.717) is 6.04 Å². The van der Waals surface area contributed by atoms with Crippen LogP contribution in [0.25, 0.3) is 6.08 Å². The predicted octanol–water partition coefficient (Wildman–Crippen LogP) is 3.21. The molecule has 2 heteroatoms. The summed E-state index contributed by atoms with van der Waals surface area (Å²) in [4.78, 5) is 2.87. The highest BCUT2D eigenvalue weighted by atomic mass is 32.1. The maximum atomic E-state index is 5.87. The zero-order valence-corrected chi connectivity index (χ0v) is 9.44. The van der Waals surface area contributed by atoms with E-state index in [-0.39, 0.29) is 0 Å². The topological polar surface area (TPSA) is 26.0 Å². The van der Waals surface area contributed by atoms with Crippen molar-refractivity contribution in [2.45, 2.75) is 38.6 Å². The summed E-state index contributed by atoms with van der Waals surface area (Å²) in [7, 11) is 0. The van der Waals surface area contributed by atoms with Gasteiger partial charge in [0.25, 0.3) is 0 Å². The normalized spacial score (nSPS) is 24.7. The fourth-order valence-electron chi connectivity index (χ4n) is 1.91. The van der Waals surface area contributed by atoms with Gasteiger partial charge in [0, 0.05) is 15.8 Å². The van der Waals surface area contributed by atoms with Gasteiger partial charge in [-0.3, -0.25) is 0 Å². The maximum absolute atomic E-state index is 5.87. The van der Waals surface area contributed by atoms with Crippen LogP contribution in [0.3, 0.4) is 0 Å². The molecule has 1 fully saturated rings. The molecule has 0 radical (unpaired) electrons. The van der Waals surface area contributed by atoms with E-state index in [1.54, 1.807) is 0 Å². The van der Waals surface area contributed by atoms with Crippen molar-refractivity contribution in [1.29, 1.82) is 0 Å². The van der Waals surface area contributed by atoms with E-state index in [2.05, 4.69) is 25.1 Å². The molecular formula is C12H17NS. The highest BCUT2D eigenvalue weighted by molar-refractivity contribution is 7.12. The van der Waals surface area contributed by atoms with Crippen molar-refractivity contribution in [3.8, 4) is 0 Å². The average Bonchev–Trinajstić information content (AvgIpc) is 2.76. The Kier molecular flexibility index (Phi) is 3.04. The van der Waals surface area contributed by atoms with Gasteiger partial charge in [0.2, 0.25) is 0 Å². The molecule has 1 atom stereocenters. The molecule has 1 nitrogen and oxygen atoms in total. The number of aryl methyl sites for hydroxylation is 1. The molecule has 1 unspecified atom stereocenters. The molecule has 0 spiro atoms. The number of hydrogen-bond donors (Lipinski definition) is 1. The van der Waals surface area contributed by atoms with Crippen LogP contribution in [-0.2, 0) is 6.42 Å².